The first-order chi connectivity index (χ1) is 7.13. The predicted octanol–water partition coefficient (Wildman–Crippen LogP) is 3.54. The van der Waals surface area contributed by atoms with Crippen molar-refractivity contribution in [3.8, 4) is 0 Å². The van der Waals surface area contributed by atoms with Crippen molar-refractivity contribution < 1.29 is 4.42 Å². The highest BCUT2D eigenvalue weighted by Crippen LogP contribution is 2.20. The molecule has 0 radical (unpaired) electrons. The standard InChI is InChI=1S/C11H18ClNOS/c1-3-8(2)10(13)7-15-6-9-4-5-11(12)14-9/h4-5,8,10H,3,6-7,13H2,1-2H3. The molecule has 0 aliphatic heterocycles. The summed E-state index contributed by atoms with van der Waals surface area (Å²) in [5, 5.41) is 0.455. The monoisotopic (exact) mass is 247 g/mol. The fraction of sp³-hybridized carbons (Fsp3) is 0.636. The van der Waals surface area contributed by atoms with E-state index in [0.717, 1.165) is 23.7 Å². The van der Waals surface area contributed by atoms with Gasteiger partial charge >= 0.3 is 0 Å². The Morgan fingerprint density at radius 1 is 1.53 bits per heavy atom. The zero-order valence-electron chi connectivity index (χ0n) is 9.20. The van der Waals surface area contributed by atoms with Crippen LogP contribution < -0.4 is 5.73 Å². The van der Waals surface area contributed by atoms with Gasteiger partial charge in [-0.3, -0.25) is 0 Å². The van der Waals surface area contributed by atoms with Crippen LogP contribution in [0.5, 0.6) is 0 Å². The lowest BCUT2D eigenvalue weighted by Gasteiger charge is -2.17. The second-order valence-electron chi connectivity index (χ2n) is 3.77. The van der Waals surface area contributed by atoms with Gasteiger partial charge in [-0.05, 0) is 29.7 Å². The number of halogens is 1. The van der Waals surface area contributed by atoms with Crippen LogP contribution in [0.4, 0.5) is 0 Å². The van der Waals surface area contributed by atoms with Crippen LogP contribution in [0, 0.1) is 5.92 Å². The van der Waals surface area contributed by atoms with Crippen molar-refractivity contribution in [2.45, 2.75) is 32.1 Å². The van der Waals surface area contributed by atoms with Crippen LogP contribution in [0.25, 0.3) is 0 Å². The minimum Gasteiger partial charge on any atom is -0.449 e. The third-order valence-electron chi connectivity index (χ3n) is 2.56. The van der Waals surface area contributed by atoms with E-state index >= 15 is 0 Å². The molecule has 2 unspecified atom stereocenters. The number of nitrogens with two attached hydrogens (primary N) is 1. The second-order valence-corrected chi connectivity index (χ2v) is 5.17. The molecule has 0 saturated heterocycles. The van der Waals surface area contributed by atoms with Crippen molar-refractivity contribution in [2.24, 2.45) is 11.7 Å². The zero-order valence-corrected chi connectivity index (χ0v) is 10.8. The van der Waals surface area contributed by atoms with Gasteiger partial charge < -0.3 is 10.2 Å². The van der Waals surface area contributed by atoms with E-state index in [4.69, 9.17) is 21.8 Å². The summed E-state index contributed by atoms with van der Waals surface area (Å²) < 4.78 is 5.26. The maximum absolute atomic E-state index is 6.02. The number of hydrogen-bond donors (Lipinski definition) is 1. The maximum atomic E-state index is 6.02. The third-order valence-corrected chi connectivity index (χ3v) is 3.87. The summed E-state index contributed by atoms with van der Waals surface area (Å²) in [7, 11) is 0. The van der Waals surface area contributed by atoms with E-state index in [9.17, 15) is 0 Å². The molecule has 2 atom stereocenters. The Morgan fingerprint density at radius 3 is 2.80 bits per heavy atom. The predicted molar refractivity (Wildman–Crippen MR) is 67.3 cm³/mol. The highest BCUT2D eigenvalue weighted by molar-refractivity contribution is 7.98. The number of hydrogen-bond acceptors (Lipinski definition) is 3. The van der Waals surface area contributed by atoms with Crippen LogP contribution in [-0.2, 0) is 5.75 Å². The number of furan rings is 1. The molecule has 2 N–H and O–H groups in total. The fourth-order valence-corrected chi connectivity index (χ4v) is 2.43. The molecule has 0 saturated carbocycles. The van der Waals surface area contributed by atoms with Crippen molar-refractivity contribution in [1.82, 2.24) is 0 Å². The summed E-state index contributed by atoms with van der Waals surface area (Å²) in [5.41, 5.74) is 6.02. The van der Waals surface area contributed by atoms with Crippen molar-refractivity contribution in [3.05, 3.63) is 23.1 Å². The molecule has 0 bridgehead atoms. The summed E-state index contributed by atoms with van der Waals surface area (Å²) >= 11 is 7.47. The summed E-state index contributed by atoms with van der Waals surface area (Å²) in [6, 6.07) is 3.95. The van der Waals surface area contributed by atoms with E-state index in [1.165, 1.54) is 0 Å². The summed E-state index contributed by atoms with van der Waals surface area (Å²) in [5.74, 6) is 3.31. The van der Waals surface area contributed by atoms with Crippen LogP contribution >= 0.6 is 23.4 Å². The number of rotatable bonds is 6. The van der Waals surface area contributed by atoms with Crippen molar-refractivity contribution in [1.29, 1.82) is 0 Å². The first kappa shape index (κ1) is 12.9. The molecule has 0 spiro atoms. The third kappa shape index (κ3) is 4.49. The highest BCUT2D eigenvalue weighted by Gasteiger charge is 2.10. The topological polar surface area (TPSA) is 39.2 Å². The van der Waals surface area contributed by atoms with E-state index in [1.807, 2.05) is 6.07 Å². The van der Waals surface area contributed by atoms with Crippen molar-refractivity contribution in [3.63, 3.8) is 0 Å². The SMILES string of the molecule is CCC(C)C(N)CSCc1ccc(Cl)o1. The van der Waals surface area contributed by atoms with Gasteiger partial charge in [0.1, 0.15) is 5.76 Å². The largest absolute Gasteiger partial charge is 0.449 e. The minimum absolute atomic E-state index is 0.269. The van der Waals surface area contributed by atoms with Crippen LogP contribution in [-0.4, -0.2) is 11.8 Å². The smallest absolute Gasteiger partial charge is 0.193 e. The summed E-state index contributed by atoms with van der Waals surface area (Å²) in [4.78, 5) is 0. The average Bonchev–Trinajstić information content (AvgIpc) is 2.63. The Hall–Kier alpha value is -0.120. The van der Waals surface area contributed by atoms with Gasteiger partial charge in [0.05, 0.1) is 5.75 Å². The molecule has 0 aliphatic rings. The van der Waals surface area contributed by atoms with Crippen LogP contribution in [0.3, 0.4) is 0 Å². The molecule has 1 aromatic rings. The Kier molecular flexibility index (Phi) is 5.58. The Morgan fingerprint density at radius 2 is 2.27 bits per heavy atom. The van der Waals surface area contributed by atoms with E-state index in [1.54, 1.807) is 17.8 Å². The van der Waals surface area contributed by atoms with E-state index in [-0.39, 0.29) is 6.04 Å². The molecule has 1 rings (SSSR count). The molecule has 4 heteroatoms. The average molecular weight is 248 g/mol. The first-order valence-electron chi connectivity index (χ1n) is 5.21. The minimum atomic E-state index is 0.269. The van der Waals surface area contributed by atoms with Crippen molar-refractivity contribution >= 4 is 23.4 Å². The molecule has 0 aromatic carbocycles. The quantitative estimate of drug-likeness (QED) is 0.836. The van der Waals surface area contributed by atoms with E-state index in [0.29, 0.717) is 11.1 Å². The van der Waals surface area contributed by atoms with Gasteiger partial charge in [-0.1, -0.05) is 20.3 Å². The van der Waals surface area contributed by atoms with Crippen LogP contribution in [0.15, 0.2) is 16.5 Å². The first-order valence-corrected chi connectivity index (χ1v) is 6.74. The second kappa shape index (κ2) is 6.46. The molecular formula is C11H18ClNOS. The lowest BCUT2D eigenvalue weighted by atomic mass is 10.0. The van der Waals surface area contributed by atoms with Crippen molar-refractivity contribution in [2.75, 3.05) is 5.75 Å². The Balaban J connectivity index is 2.21. The van der Waals surface area contributed by atoms with Gasteiger partial charge in [0, 0.05) is 11.8 Å². The molecule has 86 valence electrons. The molecule has 0 amide bonds. The van der Waals surface area contributed by atoms with Gasteiger partial charge in [0.2, 0.25) is 0 Å². The van der Waals surface area contributed by atoms with Gasteiger partial charge in [0.25, 0.3) is 0 Å². The van der Waals surface area contributed by atoms with Gasteiger partial charge in [-0.25, -0.2) is 0 Å². The highest BCUT2D eigenvalue weighted by atomic mass is 35.5. The van der Waals surface area contributed by atoms with Gasteiger partial charge in [0.15, 0.2) is 5.22 Å². The maximum Gasteiger partial charge on any atom is 0.193 e. The lowest BCUT2D eigenvalue weighted by Crippen LogP contribution is -2.30. The van der Waals surface area contributed by atoms with Crippen LogP contribution in [0.2, 0.25) is 5.22 Å². The molecule has 1 aromatic heterocycles. The van der Waals surface area contributed by atoms with Gasteiger partial charge in [-0.2, -0.15) is 11.8 Å². The summed E-state index contributed by atoms with van der Waals surface area (Å²) in [6.45, 7) is 4.36. The molecule has 2 nitrogen and oxygen atoms in total. The Labute approximate surface area is 101 Å². The molecule has 0 fully saturated rings. The van der Waals surface area contributed by atoms with Crippen LogP contribution in [0.1, 0.15) is 26.0 Å². The summed E-state index contributed by atoms with van der Waals surface area (Å²) in [6.07, 6.45) is 1.13. The number of thioether (sulfide) groups is 1. The Bertz CT molecular complexity index is 290. The van der Waals surface area contributed by atoms with E-state index < -0.39 is 0 Å². The fourth-order valence-electron chi connectivity index (χ4n) is 1.19. The van der Waals surface area contributed by atoms with E-state index in [2.05, 4.69) is 13.8 Å². The molecule has 0 aliphatic carbocycles. The molecular weight excluding hydrogens is 230 g/mol. The van der Waals surface area contributed by atoms with Gasteiger partial charge in [-0.15, -0.1) is 0 Å². The molecule has 15 heavy (non-hydrogen) atoms. The normalized spacial score (nSPS) is 15.2. The lowest BCUT2D eigenvalue weighted by molar-refractivity contribution is 0.475. The molecule has 1 heterocycles. The zero-order chi connectivity index (χ0) is 11.3.